The molecule has 3 unspecified atom stereocenters. The average molecular weight is 349 g/mol. The Bertz CT molecular complexity index is 504. The fourth-order valence-electron chi connectivity index (χ4n) is 3.65. The molecule has 6 heteroatoms. The monoisotopic (exact) mass is 348 g/mol. The maximum absolute atomic E-state index is 13.0. The maximum atomic E-state index is 13.0. The van der Waals surface area contributed by atoms with E-state index < -0.39 is 11.7 Å². The van der Waals surface area contributed by atoms with Crippen molar-refractivity contribution in [2.24, 2.45) is 17.8 Å². The van der Waals surface area contributed by atoms with Crippen LogP contribution in [0.4, 0.5) is 19.0 Å². The van der Waals surface area contributed by atoms with Gasteiger partial charge < -0.3 is 5.32 Å². The number of anilines is 1. The van der Waals surface area contributed by atoms with Crippen LogP contribution in [0.1, 0.15) is 31.2 Å². The molecule has 2 fully saturated rings. The molecule has 0 radical (unpaired) electrons. The standard InChI is InChI=1S/C14H16BrF3N2/c15-11-5-12(14(16,17)18)13(20-7-11)19-6-10-4-8-1-2-9(10)3-8/h5,7-10H,1-4,6H2,(H,19,20). The smallest absolute Gasteiger partial charge is 0.369 e. The van der Waals surface area contributed by atoms with Gasteiger partial charge in [-0.15, -0.1) is 0 Å². The Morgan fingerprint density at radius 2 is 2.10 bits per heavy atom. The van der Waals surface area contributed by atoms with Crippen LogP contribution in [0.15, 0.2) is 16.7 Å². The number of nitrogens with one attached hydrogen (secondary N) is 1. The largest absolute Gasteiger partial charge is 0.419 e. The van der Waals surface area contributed by atoms with Gasteiger partial charge in [0.15, 0.2) is 0 Å². The quantitative estimate of drug-likeness (QED) is 0.855. The molecule has 0 aliphatic heterocycles. The highest BCUT2D eigenvalue weighted by Crippen LogP contribution is 2.48. The van der Waals surface area contributed by atoms with Crippen LogP contribution in [0.25, 0.3) is 0 Å². The SMILES string of the molecule is FC(F)(F)c1cc(Br)cnc1NCC1CC2CCC1C2. The molecule has 2 aliphatic carbocycles. The van der Waals surface area contributed by atoms with E-state index in [9.17, 15) is 13.2 Å². The fraction of sp³-hybridized carbons (Fsp3) is 0.643. The van der Waals surface area contributed by atoms with Gasteiger partial charge in [0.2, 0.25) is 0 Å². The van der Waals surface area contributed by atoms with E-state index in [1.807, 2.05) is 0 Å². The van der Waals surface area contributed by atoms with E-state index in [1.54, 1.807) is 0 Å². The molecule has 110 valence electrons. The van der Waals surface area contributed by atoms with Crippen molar-refractivity contribution in [3.63, 3.8) is 0 Å². The Hall–Kier alpha value is -0.780. The van der Waals surface area contributed by atoms with Gasteiger partial charge in [-0.05, 0) is 59.0 Å². The number of hydrogen-bond acceptors (Lipinski definition) is 2. The third-order valence-electron chi connectivity index (χ3n) is 4.58. The van der Waals surface area contributed by atoms with Crippen LogP contribution in [-0.4, -0.2) is 11.5 Å². The van der Waals surface area contributed by atoms with E-state index in [4.69, 9.17) is 0 Å². The van der Waals surface area contributed by atoms with Crippen molar-refractivity contribution >= 4 is 21.7 Å². The fourth-order valence-corrected chi connectivity index (χ4v) is 3.98. The van der Waals surface area contributed by atoms with Crippen molar-refractivity contribution in [1.29, 1.82) is 0 Å². The zero-order valence-corrected chi connectivity index (χ0v) is 12.5. The lowest BCUT2D eigenvalue weighted by Gasteiger charge is -2.23. The second-order valence-corrected chi connectivity index (χ2v) is 6.78. The third kappa shape index (κ3) is 2.80. The summed E-state index contributed by atoms with van der Waals surface area (Å²) in [7, 11) is 0. The number of fused-ring (bicyclic) bond motifs is 2. The first kappa shape index (κ1) is 14.2. The van der Waals surface area contributed by atoms with Crippen LogP contribution in [0, 0.1) is 17.8 Å². The predicted molar refractivity (Wildman–Crippen MR) is 74.4 cm³/mol. The molecular weight excluding hydrogens is 333 g/mol. The Morgan fingerprint density at radius 3 is 2.70 bits per heavy atom. The highest BCUT2D eigenvalue weighted by molar-refractivity contribution is 9.10. The Balaban J connectivity index is 1.71. The Morgan fingerprint density at radius 1 is 1.30 bits per heavy atom. The Kier molecular flexibility index (Phi) is 3.69. The van der Waals surface area contributed by atoms with Crippen molar-refractivity contribution in [2.75, 3.05) is 11.9 Å². The highest BCUT2D eigenvalue weighted by atomic mass is 79.9. The summed E-state index contributed by atoms with van der Waals surface area (Å²) >= 11 is 3.04. The second kappa shape index (κ2) is 5.20. The minimum atomic E-state index is -4.38. The van der Waals surface area contributed by atoms with Crippen LogP contribution >= 0.6 is 15.9 Å². The number of rotatable bonds is 3. The molecule has 2 nitrogen and oxygen atoms in total. The molecule has 1 aromatic rings. The zero-order valence-electron chi connectivity index (χ0n) is 10.9. The van der Waals surface area contributed by atoms with Crippen LogP contribution in [0.3, 0.4) is 0 Å². The molecule has 2 bridgehead atoms. The molecular formula is C14H16BrF3N2. The summed E-state index contributed by atoms with van der Waals surface area (Å²) in [5, 5.41) is 2.92. The van der Waals surface area contributed by atoms with Gasteiger partial charge in [0.25, 0.3) is 0 Å². The number of aromatic nitrogens is 1. The van der Waals surface area contributed by atoms with Crippen molar-refractivity contribution in [1.82, 2.24) is 4.98 Å². The molecule has 3 atom stereocenters. The second-order valence-electron chi connectivity index (χ2n) is 5.86. The van der Waals surface area contributed by atoms with Crippen molar-refractivity contribution < 1.29 is 13.2 Å². The maximum Gasteiger partial charge on any atom is 0.419 e. The highest BCUT2D eigenvalue weighted by Gasteiger charge is 2.40. The van der Waals surface area contributed by atoms with Crippen LogP contribution in [0.2, 0.25) is 0 Å². The molecule has 0 amide bonds. The number of pyridine rings is 1. The van der Waals surface area contributed by atoms with E-state index in [0.29, 0.717) is 22.9 Å². The van der Waals surface area contributed by atoms with Crippen molar-refractivity contribution in [3.05, 3.63) is 22.3 Å². The molecule has 1 aromatic heterocycles. The molecule has 0 aromatic carbocycles. The number of hydrogen-bond donors (Lipinski definition) is 1. The molecule has 1 N–H and O–H groups in total. The molecule has 3 rings (SSSR count). The predicted octanol–water partition coefficient (Wildman–Crippen LogP) is 4.71. The molecule has 20 heavy (non-hydrogen) atoms. The Labute approximate surface area is 124 Å². The van der Waals surface area contributed by atoms with Crippen molar-refractivity contribution in [3.8, 4) is 0 Å². The summed E-state index contributed by atoms with van der Waals surface area (Å²) in [5.41, 5.74) is -0.699. The lowest BCUT2D eigenvalue weighted by molar-refractivity contribution is -0.137. The van der Waals surface area contributed by atoms with E-state index in [-0.39, 0.29) is 5.82 Å². The van der Waals surface area contributed by atoms with Crippen LogP contribution in [0.5, 0.6) is 0 Å². The van der Waals surface area contributed by atoms with Gasteiger partial charge in [0.05, 0.1) is 5.56 Å². The lowest BCUT2D eigenvalue weighted by atomic mass is 9.89. The molecule has 0 saturated heterocycles. The van der Waals surface area contributed by atoms with Gasteiger partial charge in [0.1, 0.15) is 5.82 Å². The third-order valence-corrected chi connectivity index (χ3v) is 5.01. The minimum Gasteiger partial charge on any atom is -0.369 e. The van der Waals surface area contributed by atoms with Crippen molar-refractivity contribution in [2.45, 2.75) is 31.9 Å². The van der Waals surface area contributed by atoms with Gasteiger partial charge in [0, 0.05) is 17.2 Å². The molecule has 0 spiro atoms. The average Bonchev–Trinajstić information content (AvgIpc) is 2.98. The summed E-state index contributed by atoms with van der Waals surface area (Å²) in [6, 6.07) is 1.08. The summed E-state index contributed by atoms with van der Waals surface area (Å²) < 4.78 is 39.3. The molecule has 2 saturated carbocycles. The number of alkyl halides is 3. The van der Waals surface area contributed by atoms with E-state index in [0.717, 1.165) is 18.4 Å². The van der Waals surface area contributed by atoms with Crippen LogP contribution < -0.4 is 5.32 Å². The van der Waals surface area contributed by atoms with E-state index >= 15 is 0 Å². The van der Waals surface area contributed by atoms with E-state index in [2.05, 4.69) is 26.2 Å². The first-order valence-electron chi connectivity index (χ1n) is 6.90. The first-order valence-corrected chi connectivity index (χ1v) is 7.69. The molecule has 1 heterocycles. The molecule has 2 aliphatic rings. The first-order chi connectivity index (χ1) is 9.43. The number of nitrogens with zero attached hydrogens (tertiary/aromatic N) is 1. The topological polar surface area (TPSA) is 24.9 Å². The van der Waals surface area contributed by atoms with Gasteiger partial charge >= 0.3 is 6.18 Å². The normalized spacial score (nSPS) is 28.9. The number of halogens is 4. The summed E-state index contributed by atoms with van der Waals surface area (Å²) in [4.78, 5) is 3.89. The van der Waals surface area contributed by atoms with Gasteiger partial charge in [-0.2, -0.15) is 13.2 Å². The van der Waals surface area contributed by atoms with E-state index in [1.165, 1.54) is 25.5 Å². The van der Waals surface area contributed by atoms with Gasteiger partial charge in [-0.3, -0.25) is 0 Å². The summed E-state index contributed by atoms with van der Waals surface area (Å²) in [6.45, 7) is 0.596. The summed E-state index contributed by atoms with van der Waals surface area (Å²) in [5.74, 6) is 1.94. The zero-order chi connectivity index (χ0) is 14.3. The van der Waals surface area contributed by atoms with Gasteiger partial charge in [-0.25, -0.2) is 4.98 Å². The van der Waals surface area contributed by atoms with Gasteiger partial charge in [-0.1, -0.05) is 6.42 Å². The summed E-state index contributed by atoms with van der Waals surface area (Å²) in [6.07, 6.45) is 1.95. The minimum absolute atomic E-state index is 0.0523. The van der Waals surface area contributed by atoms with Crippen LogP contribution in [-0.2, 0) is 6.18 Å². The lowest BCUT2D eigenvalue weighted by Crippen LogP contribution is -2.22.